The number of nitrogens with zero attached hydrogens (tertiary/aromatic N) is 3. The van der Waals surface area contributed by atoms with Crippen molar-refractivity contribution in [1.82, 2.24) is 19.9 Å². The van der Waals surface area contributed by atoms with Crippen LogP contribution in [0.15, 0.2) is 48.7 Å². The van der Waals surface area contributed by atoms with Crippen molar-refractivity contribution in [2.45, 2.75) is 19.4 Å². The first-order valence-electron chi connectivity index (χ1n) is 8.04. The summed E-state index contributed by atoms with van der Waals surface area (Å²) in [5.41, 5.74) is 0.748. The zero-order chi connectivity index (χ0) is 17.6. The second-order valence-electron chi connectivity index (χ2n) is 5.53. The molecule has 0 fully saturated rings. The first-order chi connectivity index (χ1) is 12.2. The van der Waals surface area contributed by atoms with Crippen LogP contribution >= 0.6 is 0 Å². The van der Waals surface area contributed by atoms with E-state index < -0.39 is 0 Å². The van der Waals surface area contributed by atoms with E-state index in [1.54, 1.807) is 7.11 Å². The molecular formula is C18H20N4O3. The molecule has 0 aliphatic heterocycles. The Morgan fingerprint density at radius 1 is 1.16 bits per heavy atom. The zero-order valence-electron chi connectivity index (χ0n) is 14.2. The molecule has 7 nitrogen and oxygen atoms in total. The average Bonchev–Trinajstić information content (AvgIpc) is 3.06. The summed E-state index contributed by atoms with van der Waals surface area (Å²) in [6, 6.07) is 12.7. The Hall–Kier alpha value is -3.09. The molecule has 2 heterocycles. The van der Waals surface area contributed by atoms with Gasteiger partial charge < -0.3 is 14.8 Å². The summed E-state index contributed by atoms with van der Waals surface area (Å²) in [5.74, 6) is 1.84. The van der Waals surface area contributed by atoms with Gasteiger partial charge in [-0.15, -0.1) is 10.2 Å². The standard InChI is InChI=1S/C18H20N4O3/c1-13(18-21-20-16-9-5-6-11-22(16)18)19-17(23)10-12-25-15-8-4-3-7-14(15)24-2/h3-9,11,13H,10,12H2,1-2H3,(H,19,23). The number of rotatable bonds is 7. The maximum absolute atomic E-state index is 12.1. The molecule has 1 N–H and O–H groups in total. The molecule has 0 aliphatic carbocycles. The number of benzene rings is 1. The number of pyridine rings is 1. The van der Waals surface area contributed by atoms with Crippen LogP contribution in [0.4, 0.5) is 0 Å². The lowest BCUT2D eigenvalue weighted by molar-refractivity contribution is -0.122. The van der Waals surface area contributed by atoms with Gasteiger partial charge in [-0.3, -0.25) is 9.20 Å². The summed E-state index contributed by atoms with van der Waals surface area (Å²) in [6.45, 7) is 2.14. The second kappa shape index (κ2) is 7.65. The highest BCUT2D eigenvalue weighted by molar-refractivity contribution is 5.76. The molecule has 0 aliphatic rings. The van der Waals surface area contributed by atoms with Crippen molar-refractivity contribution in [2.24, 2.45) is 0 Å². The quantitative estimate of drug-likeness (QED) is 0.714. The van der Waals surface area contributed by atoms with E-state index in [9.17, 15) is 4.79 Å². The lowest BCUT2D eigenvalue weighted by atomic mass is 10.3. The van der Waals surface area contributed by atoms with Gasteiger partial charge in [0.1, 0.15) is 0 Å². The van der Waals surface area contributed by atoms with Gasteiger partial charge >= 0.3 is 0 Å². The number of hydrogen-bond acceptors (Lipinski definition) is 5. The summed E-state index contributed by atoms with van der Waals surface area (Å²) < 4.78 is 12.7. The van der Waals surface area contributed by atoms with Crippen LogP contribution in [-0.4, -0.2) is 34.2 Å². The van der Waals surface area contributed by atoms with Crippen molar-refractivity contribution < 1.29 is 14.3 Å². The minimum absolute atomic E-state index is 0.116. The summed E-state index contributed by atoms with van der Waals surface area (Å²) in [5, 5.41) is 11.2. The third-order valence-corrected chi connectivity index (χ3v) is 3.76. The van der Waals surface area contributed by atoms with Crippen LogP contribution in [0.3, 0.4) is 0 Å². The Bertz CT molecular complexity index is 862. The highest BCUT2D eigenvalue weighted by atomic mass is 16.5. The highest BCUT2D eigenvalue weighted by Crippen LogP contribution is 2.25. The van der Waals surface area contributed by atoms with Gasteiger partial charge in [-0.05, 0) is 31.2 Å². The maximum Gasteiger partial charge on any atom is 0.224 e. The third-order valence-electron chi connectivity index (χ3n) is 3.76. The van der Waals surface area contributed by atoms with Crippen LogP contribution < -0.4 is 14.8 Å². The molecule has 1 atom stereocenters. The molecule has 0 saturated carbocycles. The Kier molecular flexibility index (Phi) is 5.13. The summed E-state index contributed by atoms with van der Waals surface area (Å²) in [6.07, 6.45) is 2.11. The minimum atomic E-state index is -0.254. The van der Waals surface area contributed by atoms with Gasteiger partial charge in [-0.25, -0.2) is 0 Å². The van der Waals surface area contributed by atoms with Gasteiger partial charge in [0.05, 0.1) is 26.2 Å². The molecule has 3 rings (SSSR count). The normalized spacial score (nSPS) is 11.9. The van der Waals surface area contributed by atoms with E-state index in [1.165, 1.54) is 0 Å². The number of amides is 1. The predicted octanol–water partition coefficient (Wildman–Crippen LogP) is 2.38. The van der Waals surface area contributed by atoms with Crippen molar-refractivity contribution in [2.75, 3.05) is 13.7 Å². The topological polar surface area (TPSA) is 77.8 Å². The molecule has 1 aromatic carbocycles. The van der Waals surface area contributed by atoms with Crippen LogP contribution in [0.25, 0.3) is 5.65 Å². The lowest BCUT2D eigenvalue weighted by Crippen LogP contribution is -2.29. The smallest absolute Gasteiger partial charge is 0.224 e. The van der Waals surface area contributed by atoms with Gasteiger partial charge in [0.15, 0.2) is 23.0 Å². The van der Waals surface area contributed by atoms with Crippen LogP contribution in [0, 0.1) is 0 Å². The summed E-state index contributed by atoms with van der Waals surface area (Å²) in [4.78, 5) is 12.1. The molecule has 0 saturated heterocycles. The molecular weight excluding hydrogens is 320 g/mol. The zero-order valence-corrected chi connectivity index (χ0v) is 14.2. The monoisotopic (exact) mass is 340 g/mol. The number of carbonyl (C=O) groups excluding carboxylic acids is 1. The van der Waals surface area contributed by atoms with Crippen molar-refractivity contribution >= 4 is 11.6 Å². The van der Waals surface area contributed by atoms with Gasteiger partial charge in [0.25, 0.3) is 0 Å². The Labute approximate surface area is 145 Å². The van der Waals surface area contributed by atoms with Crippen LogP contribution in [0.1, 0.15) is 25.2 Å². The van der Waals surface area contributed by atoms with Crippen LogP contribution in [0.5, 0.6) is 11.5 Å². The van der Waals surface area contributed by atoms with E-state index in [0.29, 0.717) is 17.3 Å². The number of carbonyl (C=O) groups is 1. The fourth-order valence-corrected chi connectivity index (χ4v) is 2.53. The molecule has 1 amide bonds. The van der Waals surface area contributed by atoms with Crippen LogP contribution in [-0.2, 0) is 4.79 Å². The van der Waals surface area contributed by atoms with Gasteiger partial charge in [-0.2, -0.15) is 0 Å². The minimum Gasteiger partial charge on any atom is -0.493 e. The van der Waals surface area contributed by atoms with E-state index >= 15 is 0 Å². The SMILES string of the molecule is COc1ccccc1OCCC(=O)NC(C)c1nnc2ccccn12. The molecule has 130 valence electrons. The number of fused-ring (bicyclic) bond motifs is 1. The molecule has 0 spiro atoms. The molecule has 0 bridgehead atoms. The van der Waals surface area contributed by atoms with Crippen molar-refractivity contribution in [3.8, 4) is 11.5 Å². The van der Waals surface area contributed by atoms with Crippen molar-refractivity contribution in [3.05, 3.63) is 54.5 Å². The first-order valence-corrected chi connectivity index (χ1v) is 8.04. The van der Waals surface area contributed by atoms with Gasteiger partial charge in [0.2, 0.25) is 5.91 Å². The molecule has 7 heteroatoms. The number of nitrogens with one attached hydrogen (secondary N) is 1. The number of methoxy groups -OCH3 is 1. The second-order valence-corrected chi connectivity index (χ2v) is 5.53. The number of para-hydroxylation sites is 2. The van der Waals surface area contributed by atoms with E-state index in [-0.39, 0.29) is 25.0 Å². The lowest BCUT2D eigenvalue weighted by Gasteiger charge is -2.13. The number of hydrogen-bond donors (Lipinski definition) is 1. The van der Waals surface area contributed by atoms with Crippen LogP contribution in [0.2, 0.25) is 0 Å². The maximum atomic E-state index is 12.1. The van der Waals surface area contributed by atoms with Gasteiger partial charge in [0, 0.05) is 6.20 Å². The molecule has 25 heavy (non-hydrogen) atoms. The largest absolute Gasteiger partial charge is 0.493 e. The first kappa shape index (κ1) is 16.8. The van der Waals surface area contributed by atoms with E-state index in [2.05, 4.69) is 15.5 Å². The Morgan fingerprint density at radius 3 is 2.72 bits per heavy atom. The highest BCUT2D eigenvalue weighted by Gasteiger charge is 2.15. The fraction of sp³-hybridized carbons (Fsp3) is 0.278. The predicted molar refractivity (Wildman–Crippen MR) is 92.7 cm³/mol. The van der Waals surface area contributed by atoms with E-state index in [1.807, 2.05) is 60.0 Å². The van der Waals surface area contributed by atoms with Gasteiger partial charge in [-0.1, -0.05) is 18.2 Å². The van der Waals surface area contributed by atoms with Crippen molar-refractivity contribution in [1.29, 1.82) is 0 Å². The fourth-order valence-electron chi connectivity index (χ4n) is 2.53. The van der Waals surface area contributed by atoms with E-state index in [0.717, 1.165) is 5.65 Å². The van der Waals surface area contributed by atoms with E-state index in [4.69, 9.17) is 9.47 Å². The summed E-state index contributed by atoms with van der Waals surface area (Å²) >= 11 is 0. The molecule has 0 radical (unpaired) electrons. The average molecular weight is 340 g/mol. The Balaban J connectivity index is 1.54. The number of ether oxygens (including phenoxy) is 2. The molecule has 1 unspecified atom stereocenters. The van der Waals surface area contributed by atoms with Crippen molar-refractivity contribution in [3.63, 3.8) is 0 Å². The molecule has 3 aromatic rings. The number of aromatic nitrogens is 3. The third kappa shape index (κ3) is 3.88. The molecule has 2 aromatic heterocycles. The Morgan fingerprint density at radius 2 is 1.92 bits per heavy atom. The summed E-state index contributed by atoms with van der Waals surface area (Å²) in [7, 11) is 1.58.